The van der Waals surface area contributed by atoms with E-state index in [2.05, 4.69) is 169 Å². The minimum atomic E-state index is -3.81. The molecule has 12 aromatic rings. The highest BCUT2D eigenvalue weighted by Gasteiger charge is 2.30. The van der Waals surface area contributed by atoms with Crippen molar-refractivity contribution in [2.24, 2.45) is 0 Å². The number of sulfonamides is 1. The molecule has 13 nitrogen and oxygen atoms in total. The molecule has 0 aliphatic heterocycles. The zero-order valence-corrected chi connectivity index (χ0v) is 65.6. The second-order valence-electron chi connectivity index (χ2n) is 24.6. The maximum Gasteiger partial charge on any atom is 0.488 e. The maximum absolute atomic E-state index is 13.5. The largest absolute Gasteiger partial charge is 0.488 e. The van der Waals surface area contributed by atoms with E-state index in [1.807, 2.05) is 142 Å². The van der Waals surface area contributed by atoms with Crippen LogP contribution in [0, 0.1) is 0 Å². The van der Waals surface area contributed by atoms with Crippen LogP contribution in [0.25, 0.3) is 54.2 Å². The van der Waals surface area contributed by atoms with Crippen LogP contribution in [-0.4, -0.2) is 121 Å². The van der Waals surface area contributed by atoms with Crippen LogP contribution in [-0.2, 0) is 47.5 Å². The highest BCUT2D eigenvalue weighted by molar-refractivity contribution is 7.89. The Morgan fingerprint density at radius 3 is 1.21 bits per heavy atom. The Kier molecular flexibility index (Phi) is 36.1. The van der Waals surface area contributed by atoms with Crippen LogP contribution in [0.1, 0.15) is 128 Å². The van der Waals surface area contributed by atoms with Crippen LogP contribution >= 0.6 is 0 Å². The van der Waals surface area contributed by atoms with E-state index in [9.17, 15) is 38.6 Å². The Morgan fingerprint density at radius 2 is 0.736 bits per heavy atom. The summed E-state index contributed by atoms with van der Waals surface area (Å²) in [6.45, 7) is 30.7. The average molecular weight is 1450 g/mol. The molecule has 0 atom stereocenters. The summed E-state index contributed by atoms with van der Waals surface area (Å²) in [6.07, 6.45) is 0. The predicted molar refractivity (Wildman–Crippen MR) is 451 cm³/mol. The minimum Gasteiger partial charge on any atom is -0.423 e. The monoisotopic (exact) mass is 1440 g/mol. The Labute approximate surface area is 633 Å². The van der Waals surface area contributed by atoms with E-state index >= 15 is 0 Å². The molecule has 0 unspecified atom stereocenters. The summed E-state index contributed by atoms with van der Waals surface area (Å²) in [7, 11) is -4.51. The Hall–Kier alpha value is -8.78. The van der Waals surface area contributed by atoms with Gasteiger partial charge in [0, 0.05) is 82.3 Å². The zero-order chi connectivity index (χ0) is 77.3. The number of anilines is 1. The Balaban J connectivity index is 0.000000217. The second-order valence-corrected chi connectivity index (χ2v) is 26.5. The fourth-order valence-electron chi connectivity index (χ4n) is 13.3. The number of nitrogens with zero attached hydrogens (tertiary/aromatic N) is 4. The van der Waals surface area contributed by atoms with Gasteiger partial charge in [-0.3, -0.25) is 9.80 Å². The maximum atomic E-state index is 13.5. The lowest BCUT2D eigenvalue weighted by Gasteiger charge is -2.24. The van der Waals surface area contributed by atoms with Gasteiger partial charge in [-0.2, -0.15) is 4.31 Å². The first-order valence-electron chi connectivity index (χ1n) is 37.6. The van der Waals surface area contributed by atoms with Gasteiger partial charge in [0.05, 0.1) is 11.5 Å². The summed E-state index contributed by atoms with van der Waals surface area (Å²) >= 11 is 0. The van der Waals surface area contributed by atoms with E-state index in [-0.39, 0.29) is 18.0 Å². The molecule has 106 heavy (non-hydrogen) atoms. The smallest absolute Gasteiger partial charge is 0.423 e. The van der Waals surface area contributed by atoms with Gasteiger partial charge in [0.2, 0.25) is 10.0 Å². The quantitative estimate of drug-likeness (QED) is 0.0280. The van der Waals surface area contributed by atoms with Crippen molar-refractivity contribution in [1.82, 2.24) is 14.1 Å². The molecule has 17 heteroatoms. The molecule has 0 radical (unpaired) electrons. The third-order valence-corrected chi connectivity index (χ3v) is 20.3. The molecule has 0 spiro atoms. The molecule has 6 N–H and O–H groups in total. The first-order chi connectivity index (χ1) is 51.5. The van der Waals surface area contributed by atoms with E-state index in [1.54, 1.807) is 55.5 Å². The minimum absolute atomic E-state index is 0.0520. The van der Waals surface area contributed by atoms with Gasteiger partial charge in [-0.1, -0.05) is 313 Å². The van der Waals surface area contributed by atoms with Crippen LogP contribution in [0.4, 0.5) is 5.69 Å². The van der Waals surface area contributed by atoms with Crippen LogP contribution in [0.3, 0.4) is 0 Å². The number of fused-ring (bicyclic) bond motifs is 7. The van der Waals surface area contributed by atoms with Gasteiger partial charge < -0.3 is 39.8 Å². The Morgan fingerprint density at radius 1 is 0.368 bits per heavy atom. The molecular formula is C89H111B3N4O9S. The summed E-state index contributed by atoms with van der Waals surface area (Å²) in [6, 6.07) is 84.1. The van der Waals surface area contributed by atoms with Gasteiger partial charge in [0.1, 0.15) is 0 Å². The number of benzene rings is 12. The summed E-state index contributed by atoms with van der Waals surface area (Å²) in [5.74, 6) is 0.405. The molecule has 0 heterocycles. The van der Waals surface area contributed by atoms with E-state index < -0.39 is 31.4 Å². The predicted octanol–water partition coefficient (Wildman–Crippen LogP) is 16.0. The molecular weight excluding hydrogens is 1330 g/mol. The number of ether oxygens (including phenoxy) is 1. The van der Waals surface area contributed by atoms with Crippen molar-refractivity contribution in [2.75, 3.05) is 51.8 Å². The molecule has 0 bridgehead atoms. The first kappa shape index (κ1) is 86.1. The van der Waals surface area contributed by atoms with E-state index in [0.717, 1.165) is 61.6 Å². The molecule has 0 aromatic heterocycles. The van der Waals surface area contributed by atoms with Gasteiger partial charge in [-0.05, 0) is 137 Å². The van der Waals surface area contributed by atoms with E-state index in [4.69, 9.17) is 4.74 Å². The van der Waals surface area contributed by atoms with Gasteiger partial charge in [-0.15, -0.1) is 0 Å². The van der Waals surface area contributed by atoms with Gasteiger partial charge in [-0.25, -0.2) is 8.42 Å². The summed E-state index contributed by atoms with van der Waals surface area (Å²) < 4.78 is 34.0. The van der Waals surface area contributed by atoms with Crippen molar-refractivity contribution in [1.29, 1.82) is 0 Å². The second kappa shape index (κ2) is 44.4. The summed E-state index contributed by atoms with van der Waals surface area (Å²) in [5.41, 5.74) is 13.0. The zero-order valence-electron chi connectivity index (χ0n) is 64.7. The molecule has 556 valence electrons. The van der Waals surface area contributed by atoms with E-state index in [1.165, 1.54) is 70.0 Å². The number of rotatable bonds is 22. The lowest BCUT2D eigenvalue weighted by atomic mass is 9.77. The first-order valence-corrected chi connectivity index (χ1v) is 39.1. The normalized spacial score (nSPS) is 11.2. The molecule has 1 aliphatic rings. The highest BCUT2D eigenvalue weighted by atomic mass is 32.2. The standard InChI is InChI=1S/C24H24BNO2.C21H25BN2O4S.C20H22BNO2.C16H16O.4C2H6/c1-2-26(16-20-11-5-8-14-24(20)25(27)28)17-23-21-12-6-3-9-18(21)15-19-10-4-7-13-22(19)23;1-4-24(15-16-9-5-6-12-19(16)22(25)26)29(27,28)21-14-8-10-17-18(21)11-7-13-20(17)23(2)3;1-2-22(15-18-9-4-6-13-20(18)21(23)24)14-17-11-7-10-16-8-3-5-12-19(16)17;1-2-17-11-16-14-9-5-3-7-12(14)13-8-4-6-10-15(13)16;4*1-2/h3-15,27-28H,2,16-17H2,1H3;5-14,25-26H,4,15H2,1-3H3;3-13,23-24H,2,14-15H2,1H3;3-10,16H,2,11H2,1H3;4*1-2H3. The van der Waals surface area contributed by atoms with E-state index in [0.29, 0.717) is 46.3 Å². The SMILES string of the molecule is CC.CC.CC.CC.CCN(Cc1ccccc1B(O)O)Cc1c2ccccc2cc2ccccc12.CCN(Cc1ccccc1B(O)O)Cc1cccc2ccccc12.CCN(Cc1ccccc1B(O)O)S(=O)(=O)c1cccc2c(N(C)C)cccc12.CCOCC1c2ccccc2-c2ccccc21. The topological polar surface area (TPSA) is 178 Å². The van der Waals surface area contributed by atoms with Crippen molar-refractivity contribution in [2.45, 2.75) is 127 Å². The van der Waals surface area contributed by atoms with Crippen molar-refractivity contribution < 1.29 is 43.3 Å². The molecule has 0 fully saturated rings. The van der Waals surface area contributed by atoms with Crippen LogP contribution in [0.5, 0.6) is 0 Å². The molecule has 0 amide bonds. The van der Waals surface area contributed by atoms with Crippen molar-refractivity contribution >= 4 is 96.5 Å². The van der Waals surface area contributed by atoms with Crippen LogP contribution < -0.4 is 21.3 Å². The molecule has 0 saturated carbocycles. The molecule has 1 aliphatic carbocycles. The lowest BCUT2D eigenvalue weighted by molar-refractivity contribution is 0.141. The van der Waals surface area contributed by atoms with Crippen molar-refractivity contribution in [3.05, 3.63) is 294 Å². The van der Waals surface area contributed by atoms with Gasteiger partial charge in [0.25, 0.3) is 0 Å². The van der Waals surface area contributed by atoms with Crippen LogP contribution in [0.2, 0.25) is 0 Å². The lowest BCUT2D eigenvalue weighted by Crippen LogP contribution is -2.37. The van der Waals surface area contributed by atoms with Crippen molar-refractivity contribution in [3.8, 4) is 11.1 Å². The molecule has 12 aromatic carbocycles. The van der Waals surface area contributed by atoms with Gasteiger partial charge >= 0.3 is 21.4 Å². The van der Waals surface area contributed by atoms with Gasteiger partial charge in [0.15, 0.2) is 0 Å². The Bertz CT molecular complexity index is 4650. The fourth-order valence-corrected chi connectivity index (χ4v) is 14.9. The summed E-state index contributed by atoms with van der Waals surface area (Å²) in [5, 5.41) is 66.8. The number of hydrogen-bond acceptors (Lipinski definition) is 12. The molecule has 13 rings (SSSR count). The molecule has 0 saturated heterocycles. The van der Waals surface area contributed by atoms with Crippen LogP contribution in [0.15, 0.2) is 260 Å². The van der Waals surface area contributed by atoms with Crippen molar-refractivity contribution in [3.63, 3.8) is 0 Å². The third kappa shape index (κ3) is 22.2. The fraction of sp³-hybridized carbons (Fsp3) is 0.281. The third-order valence-electron chi connectivity index (χ3n) is 18.3. The number of hydrogen-bond donors (Lipinski definition) is 6. The average Bonchev–Trinajstić information content (AvgIpc) is 1.52. The summed E-state index contributed by atoms with van der Waals surface area (Å²) in [4.78, 5) is 6.84. The highest BCUT2D eigenvalue weighted by Crippen LogP contribution is 2.44.